The molecule has 8 nitrogen and oxygen atoms in total. The van der Waals surface area contributed by atoms with E-state index in [1.165, 1.54) is 0 Å². The van der Waals surface area contributed by atoms with Crippen molar-refractivity contribution < 1.29 is 38.3 Å². The van der Waals surface area contributed by atoms with Crippen molar-refractivity contribution in [3.63, 3.8) is 0 Å². The minimum atomic E-state index is -0.718. The second-order valence-electron chi connectivity index (χ2n) is 7.89. The Labute approximate surface area is 187 Å². The highest BCUT2D eigenvalue weighted by Crippen LogP contribution is 2.58. The molecule has 4 rings (SSSR count). The fourth-order valence-corrected chi connectivity index (χ4v) is 5.16. The summed E-state index contributed by atoms with van der Waals surface area (Å²) in [5.74, 6) is 2.94. The number of aliphatic hydroxyl groups is 1. The van der Waals surface area contributed by atoms with Crippen LogP contribution in [-0.2, 0) is 4.74 Å². The lowest BCUT2D eigenvalue weighted by molar-refractivity contribution is 0.0676. The van der Waals surface area contributed by atoms with Crippen molar-refractivity contribution in [3.8, 4) is 34.5 Å². The van der Waals surface area contributed by atoms with Gasteiger partial charge in [0.2, 0.25) is 11.5 Å². The van der Waals surface area contributed by atoms with Gasteiger partial charge in [0.05, 0.1) is 62.0 Å². The fourth-order valence-electron chi connectivity index (χ4n) is 5.16. The number of aliphatic hydroxyl groups excluding tert-OH is 1. The van der Waals surface area contributed by atoms with Crippen LogP contribution in [0.15, 0.2) is 18.2 Å². The molecular formula is C24H30O8. The first-order chi connectivity index (χ1) is 15.5. The largest absolute Gasteiger partial charge is 0.493 e. The zero-order valence-electron chi connectivity index (χ0n) is 19.3. The van der Waals surface area contributed by atoms with E-state index in [1.807, 2.05) is 18.2 Å². The van der Waals surface area contributed by atoms with Crippen LogP contribution in [0, 0.1) is 11.8 Å². The molecule has 0 aromatic heterocycles. The van der Waals surface area contributed by atoms with Gasteiger partial charge in [-0.25, -0.2) is 0 Å². The first-order valence-corrected chi connectivity index (χ1v) is 10.4. The number of hydrogen-bond donors (Lipinski definition) is 1. The molecule has 2 aliphatic rings. The lowest BCUT2D eigenvalue weighted by Crippen LogP contribution is -2.33. The third-order valence-electron chi connectivity index (χ3n) is 6.58. The van der Waals surface area contributed by atoms with E-state index in [0.29, 0.717) is 47.7 Å². The first-order valence-electron chi connectivity index (χ1n) is 10.4. The van der Waals surface area contributed by atoms with Crippen molar-refractivity contribution >= 4 is 0 Å². The lowest BCUT2D eigenvalue weighted by atomic mass is 9.66. The van der Waals surface area contributed by atoms with Crippen molar-refractivity contribution in [1.82, 2.24) is 0 Å². The normalized spacial score (nSPS) is 23.7. The van der Waals surface area contributed by atoms with Gasteiger partial charge in [0.1, 0.15) is 0 Å². The van der Waals surface area contributed by atoms with E-state index in [9.17, 15) is 5.11 Å². The molecule has 1 heterocycles. The minimum Gasteiger partial charge on any atom is -0.493 e. The Morgan fingerprint density at radius 3 is 1.75 bits per heavy atom. The summed E-state index contributed by atoms with van der Waals surface area (Å²) in [4.78, 5) is 0. The summed E-state index contributed by atoms with van der Waals surface area (Å²) in [5.41, 5.74) is 2.53. The molecule has 4 atom stereocenters. The minimum absolute atomic E-state index is 0.0207. The van der Waals surface area contributed by atoms with Crippen molar-refractivity contribution in [3.05, 3.63) is 34.9 Å². The molecule has 8 heteroatoms. The van der Waals surface area contributed by atoms with E-state index < -0.39 is 6.10 Å². The Balaban J connectivity index is 2.02. The molecular weight excluding hydrogens is 416 g/mol. The summed E-state index contributed by atoms with van der Waals surface area (Å²) < 4.78 is 39.6. The molecule has 1 fully saturated rings. The van der Waals surface area contributed by atoms with Gasteiger partial charge in [-0.05, 0) is 29.3 Å². The van der Waals surface area contributed by atoms with Crippen LogP contribution in [0.25, 0.3) is 0 Å². The van der Waals surface area contributed by atoms with Gasteiger partial charge >= 0.3 is 0 Å². The molecule has 1 N–H and O–H groups in total. The van der Waals surface area contributed by atoms with Crippen LogP contribution in [0.5, 0.6) is 34.5 Å². The van der Waals surface area contributed by atoms with Crippen LogP contribution in [0.4, 0.5) is 0 Å². The second kappa shape index (κ2) is 8.96. The Bertz CT molecular complexity index is 963. The molecule has 174 valence electrons. The SMILES string of the molecule is COc1cc([C@@H]2c3c(cc(OC)c(OC)c3OC)[C@H](O)[C@@H]3COC[C@@H]23)cc(OC)c1OC. The van der Waals surface area contributed by atoms with Gasteiger partial charge < -0.3 is 38.3 Å². The van der Waals surface area contributed by atoms with E-state index in [2.05, 4.69) is 0 Å². The van der Waals surface area contributed by atoms with Gasteiger partial charge in [-0.15, -0.1) is 0 Å². The quantitative estimate of drug-likeness (QED) is 0.694. The molecule has 0 bridgehead atoms. The number of methoxy groups -OCH3 is 6. The van der Waals surface area contributed by atoms with E-state index in [0.717, 1.165) is 16.7 Å². The summed E-state index contributed by atoms with van der Waals surface area (Å²) in [5, 5.41) is 11.3. The number of fused-ring (bicyclic) bond motifs is 2. The maximum absolute atomic E-state index is 11.3. The smallest absolute Gasteiger partial charge is 0.203 e. The van der Waals surface area contributed by atoms with E-state index in [-0.39, 0.29) is 17.8 Å². The average Bonchev–Trinajstić information content (AvgIpc) is 3.32. The van der Waals surface area contributed by atoms with Gasteiger partial charge in [-0.1, -0.05) is 0 Å². The average molecular weight is 446 g/mol. The predicted octanol–water partition coefficient (Wildman–Crippen LogP) is 3.18. The van der Waals surface area contributed by atoms with Crippen LogP contribution in [-0.4, -0.2) is 61.0 Å². The first kappa shape index (κ1) is 22.4. The zero-order valence-corrected chi connectivity index (χ0v) is 19.3. The summed E-state index contributed by atoms with van der Waals surface area (Å²) in [7, 11) is 9.49. The third-order valence-corrected chi connectivity index (χ3v) is 6.58. The predicted molar refractivity (Wildman–Crippen MR) is 117 cm³/mol. The summed E-state index contributed by atoms with van der Waals surface area (Å²) in [6.07, 6.45) is -0.718. The molecule has 0 spiro atoms. The second-order valence-corrected chi connectivity index (χ2v) is 7.89. The summed E-state index contributed by atoms with van der Waals surface area (Å²) >= 11 is 0. The van der Waals surface area contributed by atoms with Gasteiger partial charge in [0, 0.05) is 23.3 Å². The molecule has 1 saturated heterocycles. The molecule has 0 saturated carbocycles. The highest BCUT2D eigenvalue weighted by atomic mass is 16.5. The van der Waals surface area contributed by atoms with Crippen molar-refractivity contribution in [1.29, 1.82) is 0 Å². The number of ether oxygens (including phenoxy) is 7. The Kier molecular flexibility index (Phi) is 6.26. The van der Waals surface area contributed by atoms with Gasteiger partial charge in [-0.3, -0.25) is 0 Å². The lowest BCUT2D eigenvalue weighted by Gasteiger charge is -2.39. The molecule has 32 heavy (non-hydrogen) atoms. The Hall–Kier alpha value is -2.84. The third kappa shape index (κ3) is 3.29. The number of rotatable bonds is 7. The van der Waals surface area contributed by atoms with Crippen LogP contribution < -0.4 is 28.4 Å². The number of benzene rings is 2. The molecule has 0 amide bonds. The maximum atomic E-state index is 11.3. The van der Waals surface area contributed by atoms with Crippen LogP contribution in [0.3, 0.4) is 0 Å². The molecule has 2 aromatic carbocycles. The van der Waals surface area contributed by atoms with Crippen LogP contribution in [0.1, 0.15) is 28.7 Å². The molecule has 1 aliphatic carbocycles. The van der Waals surface area contributed by atoms with Gasteiger partial charge in [-0.2, -0.15) is 0 Å². The Morgan fingerprint density at radius 2 is 1.22 bits per heavy atom. The van der Waals surface area contributed by atoms with Crippen LogP contribution in [0.2, 0.25) is 0 Å². The Morgan fingerprint density at radius 1 is 0.688 bits per heavy atom. The molecule has 1 aliphatic heterocycles. The molecule has 0 unspecified atom stereocenters. The highest BCUT2D eigenvalue weighted by molar-refractivity contribution is 5.65. The zero-order chi connectivity index (χ0) is 23.0. The van der Waals surface area contributed by atoms with Crippen molar-refractivity contribution in [2.24, 2.45) is 11.8 Å². The summed E-state index contributed by atoms with van der Waals surface area (Å²) in [6, 6.07) is 5.72. The van der Waals surface area contributed by atoms with Gasteiger partial charge in [0.15, 0.2) is 23.0 Å². The van der Waals surface area contributed by atoms with E-state index >= 15 is 0 Å². The standard InChI is InChI=1S/C24H30O8/c1-26-16-7-12(8-17(27-2)22(16)29-4)19-14-10-32-11-15(14)21(25)13-9-18(28-3)23(30-5)24(31-6)20(13)19/h7-9,14-15,19,21,25H,10-11H2,1-6H3/t14-,15-,19+,21+/m1/s1. The maximum Gasteiger partial charge on any atom is 0.203 e. The van der Waals surface area contributed by atoms with Crippen LogP contribution >= 0.6 is 0 Å². The van der Waals surface area contributed by atoms with Gasteiger partial charge in [0.25, 0.3) is 0 Å². The number of hydrogen-bond acceptors (Lipinski definition) is 8. The van der Waals surface area contributed by atoms with E-state index in [1.54, 1.807) is 42.7 Å². The van der Waals surface area contributed by atoms with E-state index in [4.69, 9.17) is 33.2 Å². The fraction of sp³-hybridized carbons (Fsp3) is 0.500. The molecule has 0 radical (unpaired) electrons. The van der Waals surface area contributed by atoms with Crippen molar-refractivity contribution in [2.75, 3.05) is 55.9 Å². The highest BCUT2D eigenvalue weighted by Gasteiger charge is 2.48. The van der Waals surface area contributed by atoms with Crippen molar-refractivity contribution in [2.45, 2.75) is 12.0 Å². The molecule has 2 aromatic rings. The monoisotopic (exact) mass is 446 g/mol. The summed E-state index contributed by atoms with van der Waals surface area (Å²) in [6.45, 7) is 0.989. The topological polar surface area (TPSA) is 84.8 Å².